The summed E-state index contributed by atoms with van der Waals surface area (Å²) in [7, 11) is 0. The predicted molar refractivity (Wildman–Crippen MR) is 71.5 cm³/mol. The van der Waals surface area contributed by atoms with E-state index in [0.29, 0.717) is 19.6 Å². The highest BCUT2D eigenvalue weighted by atomic mass is 16.5. The lowest BCUT2D eigenvalue weighted by Gasteiger charge is -2.37. The highest BCUT2D eigenvalue weighted by Crippen LogP contribution is 2.27. The fourth-order valence-electron chi connectivity index (χ4n) is 2.88. The molecule has 2 amide bonds. The van der Waals surface area contributed by atoms with E-state index >= 15 is 0 Å². The Morgan fingerprint density at radius 2 is 2.00 bits per heavy atom. The molecule has 2 fully saturated rings. The number of carbonyl (C=O) groups excluding carboxylic acids is 2. The van der Waals surface area contributed by atoms with Crippen LogP contribution in [0.3, 0.4) is 0 Å². The first-order valence-electron chi connectivity index (χ1n) is 7.00. The molecule has 0 saturated carbocycles. The van der Waals surface area contributed by atoms with Crippen LogP contribution >= 0.6 is 0 Å². The summed E-state index contributed by atoms with van der Waals surface area (Å²) in [5.41, 5.74) is -0.283. The van der Waals surface area contributed by atoms with Crippen molar-refractivity contribution >= 4 is 11.8 Å². The third-order valence-electron chi connectivity index (χ3n) is 3.93. The van der Waals surface area contributed by atoms with Crippen LogP contribution in [0, 0.1) is 5.41 Å². The molecule has 3 atom stereocenters. The van der Waals surface area contributed by atoms with Gasteiger partial charge in [-0.2, -0.15) is 0 Å². The molecule has 5 heteroatoms. The Morgan fingerprint density at radius 3 is 2.53 bits per heavy atom. The van der Waals surface area contributed by atoms with Crippen LogP contribution in [0.2, 0.25) is 0 Å². The molecule has 0 aromatic carbocycles. The van der Waals surface area contributed by atoms with Crippen LogP contribution in [-0.4, -0.2) is 48.1 Å². The maximum Gasteiger partial charge on any atom is 0.246 e. The fraction of sp³-hybridized carbons (Fsp3) is 0.857. The summed E-state index contributed by atoms with van der Waals surface area (Å²) >= 11 is 0. The lowest BCUT2D eigenvalue weighted by atomic mass is 9.85. The molecule has 5 nitrogen and oxygen atoms in total. The lowest BCUT2D eigenvalue weighted by Crippen LogP contribution is -2.55. The van der Waals surface area contributed by atoms with Crippen LogP contribution in [0.5, 0.6) is 0 Å². The molecule has 3 unspecified atom stereocenters. The Morgan fingerprint density at radius 1 is 1.32 bits per heavy atom. The van der Waals surface area contributed by atoms with Crippen molar-refractivity contribution in [2.75, 3.05) is 13.2 Å². The topological polar surface area (TPSA) is 58.6 Å². The van der Waals surface area contributed by atoms with E-state index in [1.165, 1.54) is 0 Å². The van der Waals surface area contributed by atoms with E-state index in [4.69, 9.17) is 4.74 Å². The average Bonchev–Trinajstić information content (AvgIpc) is 2.74. The van der Waals surface area contributed by atoms with E-state index in [1.54, 1.807) is 0 Å². The Balaban J connectivity index is 2.28. The zero-order chi connectivity index (χ0) is 14.2. The van der Waals surface area contributed by atoms with Gasteiger partial charge in [0.15, 0.2) is 0 Å². The van der Waals surface area contributed by atoms with Gasteiger partial charge in [0.05, 0.1) is 12.6 Å². The molecule has 19 heavy (non-hydrogen) atoms. The highest BCUT2D eigenvalue weighted by molar-refractivity contribution is 5.91. The van der Waals surface area contributed by atoms with E-state index < -0.39 is 6.04 Å². The van der Waals surface area contributed by atoms with Crippen molar-refractivity contribution in [1.29, 1.82) is 0 Å². The minimum absolute atomic E-state index is 0.0290. The van der Waals surface area contributed by atoms with Crippen LogP contribution < -0.4 is 5.32 Å². The van der Waals surface area contributed by atoms with Crippen molar-refractivity contribution in [1.82, 2.24) is 10.2 Å². The zero-order valence-electron chi connectivity index (χ0n) is 12.2. The minimum atomic E-state index is -0.453. The largest absolute Gasteiger partial charge is 0.379 e. The van der Waals surface area contributed by atoms with Gasteiger partial charge in [0, 0.05) is 19.1 Å². The summed E-state index contributed by atoms with van der Waals surface area (Å²) in [5, 5.41) is 2.88. The summed E-state index contributed by atoms with van der Waals surface area (Å²) in [6.07, 6.45) is 1.23. The van der Waals surface area contributed by atoms with Gasteiger partial charge in [-0.05, 0) is 18.8 Å². The molecule has 0 aliphatic carbocycles. The van der Waals surface area contributed by atoms with E-state index in [0.717, 1.165) is 6.42 Å². The standard InChI is InChI=1S/C14H24N2O3/c1-9-7-11(17)15-12(14(2,3)4)13(18)16(9)10-5-6-19-8-10/h9-10,12H,5-8H2,1-4H3,(H,15,17). The Hall–Kier alpha value is -1.10. The van der Waals surface area contributed by atoms with Gasteiger partial charge >= 0.3 is 0 Å². The van der Waals surface area contributed by atoms with Crippen LogP contribution in [0.4, 0.5) is 0 Å². The molecule has 2 aliphatic heterocycles. The maximum absolute atomic E-state index is 12.8. The maximum atomic E-state index is 12.8. The monoisotopic (exact) mass is 268 g/mol. The molecular weight excluding hydrogens is 244 g/mol. The molecule has 2 saturated heterocycles. The Kier molecular flexibility index (Phi) is 3.85. The van der Waals surface area contributed by atoms with Crippen molar-refractivity contribution < 1.29 is 14.3 Å². The van der Waals surface area contributed by atoms with Crippen molar-refractivity contribution in [3.8, 4) is 0 Å². The lowest BCUT2D eigenvalue weighted by molar-refractivity contribution is -0.140. The van der Waals surface area contributed by atoms with E-state index in [9.17, 15) is 9.59 Å². The second-order valence-electron chi connectivity index (χ2n) is 6.68. The number of amides is 2. The number of carbonyl (C=O) groups is 2. The number of rotatable bonds is 1. The quantitative estimate of drug-likeness (QED) is 0.769. The van der Waals surface area contributed by atoms with Crippen LogP contribution in [0.15, 0.2) is 0 Å². The Bertz CT molecular complexity index is 369. The van der Waals surface area contributed by atoms with E-state index in [-0.39, 0.29) is 29.3 Å². The first-order chi connectivity index (χ1) is 8.80. The molecule has 0 aromatic heterocycles. The van der Waals surface area contributed by atoms with Gasteiger partial charge in [0.25, 0.3) is 0 Å². The number of nitrogens with one attached hydrogen (secondary N) is 1. The summed E-state index contributed by atoms with van der Waals surface area (Å²) in [6.45, 7) is 9.17. The third-order valence-corrected chi connectivity index (χ3v) is 3.93. The summed E-state index contributed by atoms with van der Waals surface area (Å²) < 4.78 is 5.40. The Labute approximate surface area is 114 Å². The van der Waals surface area contributed by atoms with Gasteiger partial charge in [0.2, 0.25) is 11.8 Å². The first kappa shape index (κ1) is 14.3. The number of hydrogen-bond donors (Lipinski definition) is 1. The zero-order valence-corrected chi connectivity index (χ0v) is 12.2. The van der Waals surface area contributed by atoms with Gasteiger partial charge in [-0.15, -0.1) is 0 Å². The molecule has 2 aliphatic rings. The SMILES string of the molecule is CC1CC(=O)NC(C(C)(C)C)C(=O)N1C1CCOC1. The van der Waals surface area contributed by atoms with Gasteiger partial charge in [-0.3, -0.25) is 9.59 Å². The van der Waals surface area contributed by atoms with Crippen LogP contribution in [-0.2, 0) is 14.3 Å². The molecule has 2 heterocycles. The second kappa shape index (κ2) is 5.12. The van der Waals surface area contributed by atoms with Gasteiger partial charge in [0.1, 0.15) is 6.04 Å². The third kappa shape index (κ3) is 2.91. The van der Waals surface area contributed by atoms with Crippen molar-refractivity contribution in [3.63, 3.8) is 0 Å². The minimum Gasteiger partial charge on any atom is -0.379 e. The van der Waals surface area contributed by atoms with Gasteiger partial charge in [-0.25, -0.2) is 0 Å². The molecule has 1 N–H and O–H groups in total. The van der Waals surface area contributed by atoms with Gasteiger partial charge < -0.3 is 15.0 Å². The van der Waals surface area contributed by atoms with Crippen molar-refractivity contribution in [2.45, 2.75) is 58.7 Å². The molecule has 0 spiro atoms. The first-order valence-corrected chi connectivity index (χ1v) is 7.00. The molecule has 0 bridgehead atoms. The summed E-state index contributed by atoms with van der Waals surface area (Å²) in [6, 6.07) is -0.405. The second-order valence-corrected chi connectivity index (χ2v) is 6.68. The molecular formula is C14H24N2O3. The summed E-state index contributed by atoms with van der Waals surface area (Å²) in [4.78, 5) is 26.6. The molecule has 0 aromatic rings. The van der Waals surface area contributed by atoms with E-state index in [2.05, 4.69) is 5.32 Å². The molecule has 108 valence electrons. The number of hydrogen-bond acceptors (Lipinski definition) is 3. The van der Waals surface area contributed by atoms with E-state index in [1.807, 2.05) is 32.6 Å². The van der Waals surface area contributed by atoms with Crippen LogP contribution in [0.1, 0.15) is 40.5 Å². The number of ether oxygens (including phenoxy) is 1. The van der Waals surface area contributed by atoms with Crippen molar-refractivity contribution in [3.05, 3.63) is 0 Å². The van der Waals surface area contributed by atoms with Gasteiger partial charge in [-0.1, -0.05) is 20.8 Å². The average molecular weight is 268 g/mol. The summed E-state index contributed by atoms with van der Waals surface area (Å²) in [5.74, 6) is -0.0106. The van der Waals surface area contributed by atoms with Crippen molar-refractivity contribution in [2.24, 2.45) is 5.41 Å². The number of nitrogens with zero attached hydrogens (tertiary/aromatic N) is 1. The fourth-order valence-corrected chi connectivity index (χ4v) is 2.88. The normalized spacial score (nSPS) is 33.3. The smallest absolute Gasteiger partial charge is 0.246 e. The molecule has 2 rings (SSSR count). The molecule has 0 radical (unpaired) electrons. The highest BCUT2D eigenvalue weighted by Gasteiger charge is 2.43. The van der Waals surface area contributed by atoms with Crippen LogP contribution in [0.25, 0.3) is 0 Å². The predicted octanol–water partition coefficient (Wildman–Crippen LogP) is 0.927.